The van der Waals surface area contributed by atoms with E-state index in [1.54, 1.807) is 46.2 Å². The van der Waals surface area contributed by atoms with Crippen LogP contribution in [0.3, 0.4) is 0 Å². The predicted octanol–water partition coefficient (Wildman–Crippen LogP) is 5.51. The summed E-state index contributed by atoms with van der Waals surface area (Å²) in [5, 5.41) is 7.37. The van der Waals surface area contributed by atoms with Crippen LogP contribution in [0.5, 0.6) is 0 Å². The number of rotatable bonds is 8. The van der Waals surface area contributed by atoms with E-state index >= 15 is 0 Å². The van der Waals surface area contributed by atoms with Crippen LogP contribution in [-0.2, 0) is 39.7 Å². The first kappa shape index (κ1) is 30.8. The van der Waals surface area contributed by atoms with Gasteiger partial charge in [-0.25, -0.2) is 14.8 Å². The molecule has 1 fully saturated rings. The van der Waals surface area contributed by atoms with E-state index < -0.39 is 23.3 Å². The molecule has 2 aromatic heterocycles. The number of aromatic nitrogens is 4. The molecule has 1 aliphatic rings. The highest BCUT2D eigenvalue weighted by molar-refractivity contribution is 5.72. The van der Waals surface area contributed by atoms with Gasteiger partial charge in [0, 0.05) is 25.5 Å². The lowest BCUT2D eigenvalue weighted by Gasteiger charge is -2.33. The monoisotopic (exact) mass is 588 g/mol. The molecule has 42 heavy (non-hydrogen) atoms. The van der Waals surface area contributed by atoms with Crippen LogP contribution in [0.15, 0.2) is 42.9 Å². The second-order valence-electron chi connectivity index (χ2n) is 11.1. The quantitative estimate of drug-likeness (QED) is 0.343. The first-order valence-corrected chi connectivity index (χ1v) is 13.7. The summed E-state index contributed by atoms with van der Waals surface area (Å²) in [6, 6.07) is 7.11. The van der Waals surface area contributed by atoms with Gasteiger partial charge in [0.1, 0.15) is 5.60 Å². The highest BCUT2D eigenvalue weighted by atomic mass is 19.4. The first-order valence-electron chi connectivity index (χ1n) is 13.7. The van der Waals surface area contributed by atoms with Gasteiger partial charge in [0.2, 0.25) is 5.95 Å². The third-order valence-electron chi connectivity index (χ3n) is 6.83. The molecule has 0 unspecified atom stereocenters. The van der Waals surface area contributed by atoms with Crippen molar-refractivity contribution in [2.45, 2.75) is 70.7 Å². The molecule has 1 aliphatic heterocycles. The van der Waals surface area contributed by atoms with Crippen LogP contribution in [0.25, 0.3) is 0 Å². The van der Waals surface area contributed by atoms with E-state index in [9.17, 15) is 22.8 Å². The van der Waals surface area contributed by atoms with Gasteiger partial charge >= 0.3 is 18.2 Å². The van der Waals surface area contributed by atoms with Gasteiger partial charge in [0.25, 0.3) is 0 Å². The molecule has 0 radical (unpaired) electrons. The summed E-state index contributed by atoms with van der Waals surface area (Å²) in [5.74, 6) is -0.416. The van der Waals surface area contributed by atoms with E-state index in [1.165, 1.54) is 7.11 Å². The van der Waals surface area contributed by atoms with Crippen molar-refractivity contribution in [3.8, 4) is 0 Å². The van der Waals surface area contributed by atoms with E-state index in [2.05, 4.69) is 20.4 Å². The lowest BCUT2D eigenvalue weighted by atomic mass is 9.98. The van der Waals surface area contributed by atoms with Crippen molar-refractivity contribution in [1.82, 2.24) is 24.6 Å². The molecule has 1 aromatic carbocycles. The molecule has 226 valence electrons. The molecular weight excluding hydrogens is 553 g/mol. The Labute approximate surface area is 242 Å². The molecule has 10 nitrogen and oxygen atoms in total. The van der Waals surface area contributed by atoms with Gasteiger partial charge in [-0.05, 0) is 57.6 Å². The molecule has 1 amide bonds. The van der Waals surface area contributed by atoms with Crippen molar-refractivity contribution >= 4 is 23.7 Å². The Bertz CT molecular complexity index is 1390. The van der Waals surface area contributed by atoms with E-state index in [0.717, 1.165) is 11.8 Å². The number of halogens is 3. The Morgan fingerprint density at radius 3 is 2.38 bits per heavy atom. The third kappa shape index (κ3) is 8.20. The Kier molecular flexibility index (Phi) is 9.37. The van der Waals surface area contributed by atoms with Crippen LogP contribution in [0.4, 0.5) is 29.6 Å². The van der Waals surface area contributed by atoms with E-state index in [-0.39, 0.29) is 43.0 Å². The molecular formula is C29H35F3N6O4. The smallest absolute Gasteiger partial charge is 0.419 e. The minimum Gasteiger partial charge on any atom is -0.469 e. The zero-order valence-corrected chi connectivity index (χ0v) is 24.1. The van der Waals surface area contributed by atoms with Crippen LogP contribution in [0.2, 0.25) is 0 Å². The number of hydrogen-bond acceptors (Lipinski definition) is 8. The van der Waals surface area contributed by atoms with Crippen LogP contribution in [0, 0.1) is 0 Å². The number of methoxy groups -OCH3 is 1. The number of amides is 1. The first-order chi connectivity index (χ1) is 19.8. The Hall–Kier alpha value is -4.16. The summed E-state index contributed by atoms with van der Waals surface area (Å²) in [5.41, 5.74) is 0.323. The van der Waals surface area contributed by atoms with Gasteiger partial charge in [0.05, 0.1) is 42.7 Å². The lowest BCUT2D eigenvalue weighted by molar-refractivity contribution is -0.140. The summed E-state index contributed by atoms with van der Waals surface area (Å²) in [7, 11) is 1.29. The maximum atomic E-state index is 13.8. The predicted molar refractivity (Wildman–Crippen MR) is 148 cm³/mol. The number of aryl methyl sites for hydroxylation is 2. The largest absolute Gasteiger partial charge is 0.469 e. The third-order valence-corrected chi connectivity index (χ3v) is 6.83. The number of piperidine rings is 1. The standard InChI is InChI=1S/C29H35F3N6O4/c1-28(2,3)42-27(40)37-13-11-22(12-14-37)38-18-21(16-34-38)35-26-33-17-23(29(30,31)32)24(36-26)10-9-19-7-5-6-8-20(19)15-25(39)41-4/h5-8,16-18,22H,9-15H2,1-4H3,(H,33,35,36). The number of nitrogens with one attached hydrogen (secondary N) is 1. The van der Waals surface area contributed by atoms with Gasteiger partial charge in [-0.2, -0.15) is 18.3 Å². The molecule has 1 saturated heterocycles. The molecule has 13 heteroatoms. The fourth-order valence-corrected chi connectivity index (χ4v) is 4.73. The number of carbonyl (C=O) groups is 2. The maximum absolute atomic E-state index is 13.8. The molecule has 3 aromatic rings. The van der Waals surface area contributed by atoms with Crippen molar-refractivity contribution in [2.75, 3.05) is 25.5 Å². The Morgan fingerprint density at radius 1 is 1.05 bits per heavy atom. The van der Waals surface area contributed by atoms with Gasteiger partial charge < -0.3 is 19.7 Å². The fraction of sp³-hybridized carbons (Fsp3) is 0.483. The van der Waals surface area contributed by atoms with Crippen molar-refractivity contribution in [2.24, 2.45) is 0 Å². The summed E-state index contributed by atoms with van der Waals surface area (Å²) in [6.45, 7) is 6.52. The van der Waals surface area contributed by atoms with Crippen molar-refractivity contribution in [3.63, 3.8) is 0 Å². The highest BCUT2D eigenvalue weighted by Gasteiger charge is 2.35. The number of carbonyl (C=O) groups excluding carboxylic acids is 2. The topological polar surface area (TPSA) is 111 Å². The number of nitrogens with zero attached hydrogens (tertiary/aromatic N) is 5. The van der Waals surface area contributed by atoms with E-state index in [4.69, 9.17) is 9.47 Å². The molecule has 0 atom stereocenters. The number of alkyl halides is 3. The molecule has 0 saturated carbocycles. The summed E-state index contributed by atoms with van der Waals surface area (Å²) < 4.78 is 53.3. The molecule has 0 aliphatic carbocycles. The highest BCUT2D eigenvalue weighted by Crippen LogP contribution is 2.32. The van der Waals surface area contributed by atoms with Gasteiger partial charge in [-0.15, -0.1) is 0 Å². The average Bonchev–Trinajstić information content (AvgIpc) is 3.39. The van der Waals surface area contributed by atoms with Crippen LogP contribution in [0.1, 0.15) is 62.0 Å². The minimum absolute atomic E-state index is 0.0140. The van der Waals surface area contributed by atoms with Crippen LogP contribution >= 0.6 is 0 Å². The number of likely N-dealkylation sites (tertiary alicyclic amines) is 1. The molecule has 3 heterocycles. The normalized spacial score (nSPS) is 14.5. The average molecular weight is 589 g/mol. The van der Waals surface area contributed by atoms with Crippen LogP contribution in [-0.4, -0.2) is 62.5 Å². The molecule has 1 N–H and O–H groups in total. The number of esters is 1. The summed E-state index contributed by atoms with van der Waals surface area (Å²) >= 11 is 0. The fourth-order valence-electron chi connectivity index (χ4n) is 4.73. The van der Waals surface area contributed by atoms with E-state index in [1.807, 2.05) is 20.8 Å². The van der Waals surface area contributed by atoms with Crippen molar-refractivity contribution < 1.29 is 32.2 Å². The van der Waals surface area contributed by atoms with Crippen molar-refractivity contribution in [1.29, 1.82) is 0 Å². The molecule has 0 bridgehead atoms. The number of anilines is 2. The zero-order valence-electron chi connectivity index (χ0n) is 24.1. The summed E-state index contributed by atoms with van der Waals surface area (Å²) in [4.78, 5) is 33.9. The van der Waals surface area contributed by atoms with Gasteiger partial charge in [-0.3, -0.25) is 9.48 Å². The Balaban J connectivity index is 1.43. The Morgan fingerprint density at radius 2 is 1.74 bits per heavy atom. The lowest BCUT2D eigenvalue weighted by Crippen LogP contribution is -2.42. The second-order valence-corrected chi connectivity index (χ2v) is 11.1. The van der Waals surface area contributed by atoms with Crippen LogP contribution < -0.4 is 5.32 Å². The minimum atomic E-state index is -4.63. The number of hydrogen-bond donors (Lipinski definition) is 1. The zero-order chi connectivity index (χ0) is 30.5. The van der Waals surface area contributed by atoms with Gasteiger partial charge in [-0.1, -0.05) is 24.3 Å². The van der Waals surface area contributed by atoms with Crippen molar-refractivity contribution in [3.05, 3.63) is 65.2 Å². The maximum Gasteiger partial charge on any atom is 0.419 e. The number of benzene rings is 1. The molecule has 0 spiro atoms. The SMILES string of the molecule is COC(=O)Cc1ccccc1CCc1nc(Nc2cnn(C3CCN(C(=O)OC(C)(C)C)CC3)c2)ncc1C(F)(F)F. The number of ether oxygens (including phenoxy) is 2. The molecule has 4 rings (SSSR count). The van der Waals surface area contributed by atoms with E-state index in [0.29, 0.717) is 37.2 Å². The van der Waals surface area contributed by atoms with Gasteiger partial charge in [0.15, 0.2) is 0 Å². The second kappa shape index (κ2) is 12.8. The summed E-state index contributed by atoms with van der Waals surface area (Å²) in [6.07, 6.45) is 0.733.